The van der Waals surface area contributed by atoms with Crippen molar-refractivity contribution in [1.82, 2.24) is 0 Å². The van der Waals surface area contributed by atoms with Crippen LogP contribution >= 0.6 is 0 Å². The lowest BCUT2D eigenvalue weighted by Crippen LogP contribution is -2.51. The van der Waals surface area contributed by atoms with E-state index in [-0.39, 0.29) is 11.4 Å². The maximum atomic E-state index is 13.5. The van der Waals surface area contributed by atoms with Gasteiger partial charge in [-0.1, -0.05) is 60.7 Å². The van der Waals surface area contributed by atoms with Crippen molar-refractivity contribution in [1.29, 1.82) is 0 Å². The van der Waals surface area contributed by atoms with E-state index in [0.717, 1.165) is 29.2 Å². The van der Waals surface area contributed by atoms with Crippen LogP contribution in [0.3, 0.4) is 0 Å². The second kappa shape index (κ2) is 8.00. The lowest BCUT2D eigenvalue weighted by atomic mass is 9.99. The number of para-hydroxylation sites is 3. The van der Waals surface area contributed by atoms with Crippen LogP contribution in [0.2, 0.25) is 0 Å². The van der Waals surface area contributed by atoms with Crippen molar-refractivity contribution in [2.24, 2.45) is 0 Å². The molecule has 1 amide bonds. The van der Waals surface area contributed by atoms with Gasteiger partial charge in [0.15, 0.2) is 0 Å². The van der Waals surface area contributed by atoms with E-state index in [9.17, 15) is 4.79 Å². The minimum absolute atomic E-state index is 0.0903. The molecule has 0 atom stereocenters. The molecule has 3 aromatic rings. The Morgan fingerprint density at radius 1 is 0.931 bits per heavy atom. The third-order valence-corrected chi connectivity index (χ3v) is 5.18. The van der Waals surface area contributed by atoms with Gasteiger partial charge in [0.05, 0.1) is 24.5 Å². The Bertz CT molecular complexity index is 970. The molecule has 0 saturated carbocycles. The molecule has 1 N–H and O–H groups in total. The van der Waals surface area contributed by atoms with Crippen molar-refractivity contribution in [3.05, 3.63) is 90.5 Å². The Morgan fingerprint density at radius 2 is 1.55 bits per heavy atom. The molecule has 0 saturated heterocycles. The molecule has 4 nitrogen and oxygen atoms in total. The zero-order valence-electron chi connectivity index (χ0n) is 17.0. The SMILES string of the molecule is CC1(C)CN(CC(=O)N(Cc2ccccc2)c2ccccc2)c2ccccc2N1. The van der Waals surface area contributed by atoms with Gasteiger partial charge in [-0.15, -0.1) is 0 Å². The smallest absolute Gasteiger partial charge is 0.246 e. The Morgan fingerprint density at radius 3 is 2.28 bits per heavy atom. The molecule has 4 heteroatoms. The van der Waals surface area contributed by atoms with Crippen molar-refractivity contribution in [3.63, 3.8) is 0 Å². The van der Waals surface area contributed by atoms with Gasteiger partial charge in [-0.3, -0.25) is 4.79 Å². The van der Waals surface area contributed by atoms with Crippen LogP contribution in [0.25, 0.3) is 0 Å². The summed E-state index contributed by atoms with van der Waals surface area (Å²) in [6, 6.07) is 28.3. The predicted octanol–water partition coefficient (Wildman–Crippen LogP) is 4.93. The van der Waals surface area contributed by atoms with Crippen LogP contribution < -0.4 is 15.1 Å². The first-order valence-corrected chi connectivity index (χ1v) is 10.0. The zero-order chi connectivity index (χ0) is 20.3. The molecule has 1 aliphatic rings. The molecule has 3 aromatic carbocycles. The third-order valence-electron chi connectivity index (χ3n) is 5.18. The largest absolute Gasteiger partial charge is 0.377 e. The number of anilines is 3. The van der Waals surface area contributed by atoms with E-state index in [2.05, 4.69) is 48.3 Å². The fourth-order valence-corrected chi connectivity index (χ4v) is 3.91. The van der Waals surface area contributed by atoms with Gasteiger partial charge < -0.3 is 15.1 Å². The molecule has 0 fully saturated rings. The molecule has 0 spiro atoms. The standard InChI is InChI=1S/C25H27N3O/c1-25(2)19-27(23-16-10-9-15-22(23)26-25)18-24(29)28(21-13-7-4-8-14-21)17-20-11-5-3-6-12-20/h3-16,26H,17-19H2,1-2H3. The normalized spacial score (nSPS) is 14.6. The second-order valence-corrected chi connectivity index (χ2v) is 8.18. The number of nitrogens with one attached hydrogen (secondary N) is 1. The molecule has 1 aliphatic heterocycles. The van der Waals surface area contributed by atoms with Crippen molar-refractivity contribution in [3.8, 4) is 0 Å². The Hall–Kier alpha value is -3.27. The second-order valence-electron chi connectivity index (χ2n) is 8.18. The van der Waals surface area contributed by atoms with E-state index < -0.39 is 0 Å². The number of hydrogen-bond donors (Lipinski definition) is 1. The molecule has 148 valence electrons. The molecular formula is C25H27N3O. The van der Waals surface area contributed by atoms with Crippen molar-refractivity contribution in [2.75, 3.05) is 28.2 Å². The number of carbonyl (C=O) groups is 1. The minimum Gasteiger partial charge on any atom is -0.377 e. The number of carbonyl (C=O) groups excluding carboxylic acids is 1. The summed E-state index contributed by atoms with van der Waals surface area (Å²) in [7, 11) is 0. The number of fused-ring (bicyclic) bond motifs is 1. The van der Waals surface area contributed by atoms with Gasteiger partial charge in [0.1, 0.15) is 0 Å². The van der Waals surface area contributed by atoms with Crippen LogP contribution in [0.1, 0.15) is 19.4 Å². The van der Waals surface area contributed by atoms with Crippen LogP contribution in [-0.4, -0.2) is 24.5 Å². The molecule has 0 bridgehead atoms. The highest BCUT2D eigenvalue weighted by Crippen LogP contribution is 2.34. The van der Waals surface area contributed by atoms with E-state index in [4.69, 9.17) is 0 Å². The van der Waals surface area contributed by atoms with Gasteiger partial charge in [0.25, 0.3) is 0 Å². The minimum atomic E-state index is -0.106. The topological polar surface area (TPSA) is 35.6 Å². The first-order chi connectivity index (χ1) is 14.0. The van der Waals surface area contributed by atoms with Crippen LogP contribution in [0, 0.1) is 0 Å². The number of hydrogen-bond acceptors (Lipinski definition) is 3. The third kappa shape index (κ3) is 4.43. The number of nitrogens with zero attached hydrogens (tertiary/aromatic N) is 2. The summed E-state index contributed by atoms with van der Waals surface area (Å²) in [4.78, 5) is 17.6. The number of rotatable bonds is 5. The van der Waals surface area contributed by atoms with Crippen molar-refractivity contribution < 1.29 is 4.79 Å². The van der Waals surface area contributed by atoms with Crippen molar-refractivity contribution in [2.45, 2.75) is 25.9 Å². The van der Waals surface area contributed by atoms with Crippen LogP contribution in [0.15, 0.2) is 84.9 Å². The first-order valence-electron chi connectivity index (χ1n) is 10.0. The summed E-state index contributed by atoms with van der Waals surface area (Å²) in [5.74, 6) is 0.0903. The monoisotopic (exact) mass is 385 g/mol. The average molecular weight is 386 g/mol. The van der Waals surface area contributed by atoms with Gasteiger partial charge >= 0.3 is 0 Å². The number of benzene rings is 3. The van der Waals surface area contributed by atoms with E-state index in [1.807, 2.05) is 65.6 Å². The molecule has 0 aromatic heterocycles. The fraction of sp³-hybridized carbons (Fsp3) is 0.240. The summed E-state index contributed by atoms with van der Waals surface area (Å²) in [5, 5.41) is 3.57. The highest BCUT2D eigenvalue weighted by atomic mass is 16.2. The summed E-state index contributed by atoms with van der Waals surface area (Å²) in [5.41, 5.74) is 4.08. The quantitative estimate of drug-likeness (QED) is 0.676. The number of amides is 1. The van der Waals surface area contributed by atoms with E-state index in [1.165, 1.54) is 0 Å². The molecule has 1 heterocycles. The molecule has 0 unspecified atom stereocenters. The van der Waals surface area contributed by atoms with Gasteiger partial charge in [0, 0.05) is 17.8 Å². The van der Waals surface area contributed by atoms with E-state index in [1.54, 1.807) is 0 Å². The molecule has 0 aliphatic carbocycles. The summed E-state index contributed by atoms with van der Waals surface area (Å²) in [6.07, 6.45) is 0. The lowest BCUT2D eigenvalue weighted by Gasteiger charge is -2.42. The Balaban J connectivity index is 1.61. The van der Waals surface area contributed by atoms with Gasteiger partial charge in [-0.25, -0.2) is 0 Å². The molecular weight excluding hydrogens is 358 g/mol. The summed E-state index contributed by atoms with van der Waals surface area (Å²) in [6.45, 7) is 5.99. The lowest BCUT2D eigenvalue weighted by molar-refractivity contribution is -0.117. The molecule has 29 heavy (non-hydrogen) atoms. The maximum Gasteiger partial charge on any atom is 0.246 e. The van der Waals surface area contributed by atoms with Crippen molar-refractivity contribution >= 4 is 23.0 Å². The maximum absolute atomic E-state index is 13.5. The highest BCUT2D eigenvalue weighted by molar-refractivity contribution is 5.97. The Kier molecular flexibility index (Phi) is 5.26. The summed E-state index contributed by atoms with van der Waals surface area (Å²) >= 11 is 0. The predicted molar refractivity (Wildman–Crippen MR) is 120 cm³/mol. The highest BCUT2D eigenvalue weighted by Gasteiger charge is 2.31. The van der Waals surface area contributed by atoms with Gasteiger partial charge in [-0.2, -0.15) is 0 Å². The van der Waals surface area contributed by atoms with Crippen LogP contribution in [-0.2, 0) is 11.3 Å². The van der Waals surface area contributed by atoms with E-state index >= 15 is 0 Å². The van der Waals surface area contributed by atoms with Crippen LogP contribution in [0.4, 0.5) is 17.1 Å². The zero-order valence-corrected chi connectivity index (χ0v) is 17.0. The van der Waals surface area contributed by atoms with Crippen LogP contribution in [0.5, 0.6) is 0 Å². The molecule has 0 radical (unpaired) electrons. The van der Waals surface area contributed by atoms with Gasteiger partial charge in [-0.05, 0) is 43.7 Å². The van der Waals surface area contributed by atoms with E-state index in [0.29, 0.717) is 13.1 Å². The first kappa shape index (κ1) is 19.1. The molecule has 4 rings (SSSR count). The fourth-order valence-electron chi connectivity index (χ4n) is 3.91. The van der Waals surface area contributed by atoms with Gasteiger partial charge in [0.2, 0.25) is 5.91 Å². The summed E-state index contributed by atoms with van der Waals surface area (Å²) < 4.78 is 0. The Labute approximate surface area is 172 Å². The average Bonchev–Trinajstić information content (AvgIpc) is 2.72.